The van der Waals surface area contributed by atoms with Crippen LogP contribution in [0.1, 0.15) is 0 Å². The van der Waals surface area contributed by atoms with Gasteiger partial charge in [-0.25, -0.2) is 4.98 Å². The predicted molar refractivity (Wildman–Crippen MR) is 75.2 cm³/mol. The molecule has 3 rings (SSSR count). The summed E-state index contributed by atoms with van der Waals surface area (Å²) in [5.74, 6) is 0.266. The van der Waals surface area contributed by atoms with Crippen LogP contribution in [0.5, 0.6) is 0 Å². The summed E-state index contributed by atoms with van der Waals surface area (Å²) in [6.07, 6.45) is 2.51. The van der Waals surface area contributed by atoms with Crippen molar-refractivity contribution in [3.63, 3.8) is 0 Å². The highest BCUT2D eigenvalue weighted by Gasteiger charge is 2.19. The van der Waals surface area contributed by atoms with Gasteiger partial charge in [-0.1, -0.05) is 0 Å². The molecule has 3 N–H and O–H groups in total. The second-order valence-electron chi connectivity index (χ2n) is 4.07. The Kier molecular flexibility index (Phi) is 3.14. The van der Waals surface area contributed by atoms with Crippen molar-refractivity contribution in [1.82, 2.24) is 9.97 Å². The van der Waals surface area contributed by atoms with Crippen LogP contribution in [-0.2, 0) is 14.8 Å². The topological polar surface area (TPSA) is 104 Å². The highest BCUT2D eigenvalue weighted by molar-refractivity contribution is 8.00. The van der Waals surface area contributed by atoms with Crippen molar-refractivity contribution < 1.29 is 13.2 Å². The zero-order valence-corrected chi connectivity index (χ0v) is 11.7. The first-order valence-electron chi connectivity index (χ1n) is 5.62. The maximum atomic E-state index is 12.0. The number of hydrogen-bond donors (Lipinski definition) is 3. The Bertz CT molecular complexity index is 756. The van der Waals surface area contributed by atoms with E-state index in [2.05, 4.69) is 20.0 Å². The molecule has 104 valence electrons. The molecule has 0 fully saturated rings. The summed E-state index contributed by atoms with van der Waals surface area (Å²) in [6, 6.07) is 5.01. The number of rotatable bonds is 3. The van der Waals surface area contributed by atoms with Gasteiger partial charge < -0.3 is 10.3 Å². The van der Waals surface area contributed by atoms with E-state index in [4.69, 9.17) is 0 Å². The fourth-order valence-electron chi connectivity index (χ4n) is 1.75. The molecule has 0 unspecified atom stereocenters. The third-order valence-electron chi connectivity index (χ3n) is 2.63. The van der Waals surface area contributed by atoms with Gasteiger partial charge in [0.25, 0.3) is 10.0 Å². The zero-order valence-electron chi connectivity index (χ0n) is 10.1. The van der Waals surface area contributed by atoms with Gasteiger partial charge in [-0.05, 0) is 18.2 Å². The summed E-state index contributed by atoms with van der Waals surface area (Å²) in [5.41, 5.74) is 0.984. The number of fused-ring (bicyclic) bond motifs is 1. The number of H-pyrrole nitrogens is 1. The lowest BCUT2D eigenvalue weighted by Crippen LogP contribution is -2.19. The summed E-state index contributed by atoms with van der Waals surface area (Å²) >= 11 is 1.42. The zero-order chi connectivity index (χ0) is 14.2. The van der Waals surface area contributed by atoms with Gasteiger partial charge in [0.1, 0.15) is 0 Å². The Morgan fingerprint density at radius 2 is 2.20 bits per heavy atom. The lowest BCUT2D eigenvalue weighted by Gasteiger charge is -2.17. The van der Waals surface area contributed by atoms with Crippen LogP contribution in [0.25, 0.3) is 0 Å². The van der Waals surface area contributed by atoms with Gasteiger partial charge in [0.15, 0.2) is 5.03 Å². The molecule has 2 heterocycles. The van der Waals surface area contributed by atoms with Crippen LogP contribution in [-0.4, -0.2) is 30.0 Å². The van der Waals surface area contributed by atoms with Gasteiger partial charge in [-0.3, -0.25) is 9.52 Å². The number of nitrogens with zero attached hydrogens (tertiary/aromatic N) is 1. The highest BCUT2D eigenvalue weighted by Crippen LogP contribution is 2.33. The van der Waals surface area contributed by atoms with E-state index in [1.54, 1.807) is 18.2 Å². The standard InChI is InChI=1S/C11H10N4O3S2/c16-10-5-19-9-2-1-7(3-8(9)14-10)15-20(17,18)11-4-12-6-13-11/h1-4,6,15H,5H2,(H,12,13)(H,14,16). The smallest absolute Gasteiger partial charge is 0.278 e. The van der Waals surface area contributed by atoms with Gasteiger partial charge in [0.05, 0.1) is 29.7 Å². The Morgan fingerprint density at radius 1 is 1.35 bits per heavy atom. The first-order valence-corrected chi connectivity index (χ1v) is 8.09. The molecule has 9 heteroatoms. The average Bonchev–Trinajstić information content (AvgIpc) is 2.92. The third-order valence-corrected chi connectivity index (χ3v) is 5.01. The van der Waals surface area contributed by atoms with Gasteiger partial charge >= 0.3 is 0 Å². The molecule has 2 aromatic rings. The van der Waals surface area contributed by atoms with Gasteiger partial charge in [-0.2, -0.15) is 8.42 Å². The first-order chi connectivity index (χ1) is 9.54. The number of imidazole rings is 1. The van der Waals surface area contributed by atoms with Crippen LogP contribution in [0.4, 0.5) is 11.4 Å². The van der Waals surface area contributed by atoms with Crippen LogP contribution < -0.4 is 10.0 Å². The molecule has 1 amide bonds. The number of carbonyl (C=O) groups is 1. The molecule has 7 nitrogen and oxygen atoms in total. The second kappa shape index (κ2) is 4.84. The minimum absolute atomic E-state index is 0.0198. The average molecular weight is 310 g/mol. The Morgan fingerprint density at radius 3 is 2.95 bits per heavy atom. The van der Waals surface area contributed by atoms with E-state index >= 15 is 0 Å². The van der Waals surface area contributed by atoms with Gasteiger partial charge in [0, 0.05) is 4.90 Å². The van der Waals surface area contributed by atoms with E-state index in [1.165, 1.54) is 24.3 Å². The lowest BCUT2D eigenvalue weighted by atomic mass is 10.3. The van der Waals surface area contributed by atoms with Crippen molar-refractivity contribution in [2.24, 2.45) is 0 Å². The quantitative estimate of drug-likeness (QED) is 0.791. The molecule has 1 aromatic carbocycles. The Hall–Kier alpha value is -2.00. The number of benzene rings is 1. The number of amides is 1. The summed E-state index contributed by atoms with van der Waals surface area (Å²) in [4.78, 5) is 18.4. The molecule has 0 aliphatic carbocycles. The number of anilines is 2. The van der Waals surface area contributed by atoms with Crippen molar-refractivity contribution in [2.45, 2.75) is 9.92 Å². The fraction of sp³-hybridized carbons (Fsp3) is 0.0909. The second-order valence-corrected chi connectivity index (χ2v) is 6.74. The summed E-state index contributed by atoms with van der Waals surface area (Å²) < 4.78 is 26.5. The maximum Gasteiger partial charge on any atom is 0.278 e. The molecule has 0 saturated heterocycles. The summed E-state index contributed by atoms with van der Waals surface area (Å²) in [6.45, 7) is 0. The van der Waals surface area contributed by atoms with E-state index < -0.39 is 10.0 Å². The largest absolute Gasteiger partial charge is 0.334 e. The van der Waals surface area contributed by atoms with Crippen molar-refractivity contribution in [2.75, 3.05) is 15.8 Å². The normalized spacial score (nSPS) is 14.5. The molecule has 1 aliphatic rings. The molecule has 0 radical (unpaired) electrons. The van der Waals surface area contributed by atoms with Crippen LogP contribution in [0.3, 0.4) is 0 Å². The third kappa shape index (κ3) is 2.49. The Labute approximate surface area is 119 Å². The molecular formula is C11H10N4O3S2. The van der Waals surface area contributed by atoms with Crippen molar-refractivity contribution in [3.05, 3.63) is 30.7 Å². The molecular weight excluding hydrogens is 300 g/mol. The van der Waals surface area contributed by atoms with Gasteiger partial charge in [-0.15, -0.1) is 11.8 Å². The van der Waals surface area contributed by atoms with E-state index in [9.17, 15) is 13.2 Å². The van der Waals surface area contributed by atoms with E-state index in [0.29, 0.717) is 17.1 Å². The molecule has 0 bridgehead atoms. The number of sulfonamides is 1. The summed E-state index contributed by atoms with van der Waals surface area (Å²) in [7, 11) is -3.70. The predicted octanol–water partition coefficient (Wildman–Crippen LogP) is 1.25. The van der Waals surface area contributed by atoms with E-state index in [1.807, 2.05) is 0 Å². The number of aromatic amines is 1. The minimum atomic E-state index is -3.70. The van der Waals surface area contributed by atoms with Crippen LogP contribution in [0.2, 0.25) is 0 Å². The number of hydrogen-bond acceptors (Lipinski definition) is 5. The number of nitrogens with one attached hydrogen (secondary N) is 3. The SMILES string of the molecule is O=C1CSc2ccc(NS(=O)(=O)c3cnc[nH]3)cc2N1. The van der Waals surface area contributed by atoms with Crippen molar-refractivity contribution in [3.8, 4) is 0 Å². The molecule has 1 aromatic heterocycles. The van der Waals surface area contributed by atoms with Crippen LogP contribution >= 0.6 is 11.8 Å². The molecule has 20 heavy (non-hydrogen) atoms. The van der Waals surface area contributed by atoms with Crippen LogP contribution in [0, 0.1) is 0 Å². The minimum Gasteiger partial charge on any atom is -0.334 e. The molecule has 0 spiro atoms. The van der Waals surface area contributed by atoms with Crippen molar-refractivity contribution >= 4 is 39.1 Å². The first kappa shape index (κ1) is 13.0. The highest BCUT2D eigenvalue weighted by atomic mass is 32.2. The van der Waals surface area contributed by atoms with E-state index in [0.717, 1.165) is 4.90 Å². The number of aromatic nitrogens is 2. The Balaban J connectivity index is 1.89. The lowest BCUT2D eigenvalue weighted by molar-refractivity contribution is -0.113. The van der Waals surface area contributed by atoms with Crippen molar-refractivity contribution in [1.29, 1.82) is 0 Å². The number of carbonyl (C=O) groups excluding carboxylic acids is 1. The summed E-state index contributed by atoms with van der Waals surface area (Å²) in [5, 5.41) is 2.69. The molecule has 1 aliphatic heterocycles. The van der Waals surface area contributed by atoms with Gasteiger partial charge in [0.2, 0.25) is 5.91 Å². The number of thioether (sulfide) groups is 1. The fourth-order valence-corrected chi connectivity index (χ4v) is 3.49. The monoisotopic (exact) mass is 310 g/mol. The van der Waals surface area contributed by atoms with Crippen LogP contribution in [0.15, 0.2) is 40.6 Å². The molecule has 0 atom stereocenters. The van der Waals surface area contributed by atoms with E-state index in [-0.39, 0.29) is 10.9 Å². The molecule has 0 saturated carbocycles. The maximum absolute atomic E-state index is 12.0.